The summed E-state index contributed by atoms with van der Waals surface area (Å²) in [4.78, 5) is 17.3. The van der Waals surface area contributed by atoms with E-state index in [1.54, 1.807) is 0 Å². The van der Waals surface area contributed by atoms with Gasteiger partial charge < -0.3 is 9.80 Å². The summed E-state index contributed by atoms with van der Waals surface area (Å²) in [6.45, 7) is 4.08. The molecule has 3 aliphatic rings. The van der Waals surface area contributed by atoms with Crippen molar-refractivity contribution in [2.45, 2.75) is 69.9 Å². The summed E-state index contributed by atoms with van der Waals surface area (Å²) in [5.74, 6) is 0.638. The van der Waals surface area contributed by atoms with Crippen molar-refractivity contribution in [3.63, 3.8) is 0 Å². The summed E-state index contributed by atoms with van der Waals surface area (Å²) in [7, 11) is 0. The highest BCUT2D eigenvalue weighted by molar-refractivity contribution is 5.76. The van der Waals surface area contributed by atoms with Crippen LogP contribution in [0, 0.1) is 6.92 Å². The van der Waals surface area contributed by atoms with Gasteiger partial charge in [0.2, 0.25) is 0 Å². The van der Waals surface area contributed by atoms with Crippen molar-refractivity contribution in [1.82, 2.24) is 9.80 Å². The Labute approximate surface area is 139 Å². The van der Waals surface area contributed by atoms with Gasteiger partial charge in [0.1, 0.15) is 0 Å². The van der Waals surface area contributed by atoms with E-state index in [4.69, 9.17) is 0 Å². The second kappa shape index (κ2) is 6.18. The van der Waals surface area contributed by atoms with Crippen LogP contribution in [0.4, 0.5) is 4.79 Å². The van der Waals surface area contributed by atoms with Crippen LogP contribution in [-0.2, 0) is 0 Å². The average molecular weight is 312 g/mol. The maximum atomic E-state index is 13.0. The zero-order valence-electron chi connectivity index (χ0n) is 14.2. The lowest BCUT2D eigenvalue weighted by Gasteiger charge is -2.42. The molecule has 0 spiro atoms. The van der Waals surface area contributed by atoms with E-state index < -0.39 is 0 Å². The fourth-order valence-corrected chi connectivity index (χ4v) is 4.85. The number of aryl methyl sites for hydroxylation is 1. The molecule has 0 aliphatic carbocycles. The molecule has 3 saturated heterocycles. The summed E-state index contributed by atoms with van der Waals surface area (Å²) >= 11 is 0. The standard InChI is InChI=1S/C20H28N2O/c1-15-5-7-16(8-6-15)17-13-18-9-10-19(14-17)22(18)20(23)21-11-3-2-4-12-21/h5-8,17-19H,2-4,9-14H2,1H3/t17?,18-,19+. The Morgan fingerprint density at radius 1 is 0.957 bits per heavy atom. The van der Waals surface area contributed by atoms with Crippen LogP contribution < -0.4 is 0 Å². The molecule has 3 fully saturated rings. The van der Waals surface area contributed by atoms with Gasteiger partial charge in [0.15, 0.2) is 0 Å². The minimum atomic E-state index is 0.333. The molecule has 3 heterocycles. The van der Waals surface area contributed by atoms with Crippen LogP contribution in [0.15, 0.2) is 24.3 Å². The Morgan fingerprint density at radius 2 is 1.57 bits per heavy atom. The van der Waals surface area contributed by atoms with E-state index in [9.17, 15) is 4.79 Å². The number of urea groups is 1. The third-order valence-corrected chi connectivity index (χ3v) is 6.13. The van der Waals surface area contributed by atoms with Crippen molar-refractivity contribution in [1.29, 1.82) is 0 Å². The zero-order chi connectivity index (χ0) is 15.8. The molecule has 3 aliphatic heterocycles. The second-order valence-electron chi connectivity index (χ2n) is 7.70. The fraction of sp³-hybridized carbons (Fsp3) is 0.650. The molecule has 2 amide bonds. The molecule has 3 heteroatoms. The third kappa shape index (κ3) is 2.86. The average Bonchev–Trinajstić information content (AvgIpc) is 2.85. The summed E-state index contributed by atoms with van der Waals surface area (Å²) in [5.41, 5.74) is 2.80. The number of nitrogens with zero attached hydrogens (tertiary/aromatic N) is 2. The lowest BCUT2D eigenvalue weighted by molar-refractivity contribution is 0.0991. The number of likely N-dealkylation sites (tertiary alicyclic amines) is 1. The number of carbonyl (C=O) groups excluding carboxylic acids is 1. The highest BCUT2D eigenvalue weighted by atomic mass is 16.2. The highest BCUT2D eigenvalue weighted by Gasteiger charge is 2.44. The minimum absolute atomic E-state index is 0.333. The first kappa shape index (κ1) is 15.0. The number of amides is 2. The molecule has 2 bridgehead atoms. The van der Waals surface area contributed by atoms with Gasteiger partial charge in [-0.05, 0) is 63.4 Å². The number of benzene rings is 1. The van der Waals surface area contributed by atoms with Crippen LogP contribution in [0.5, 0.6) is 0 Å². The first-order chi connectivity index (χ1) is 11.2. The fourth-order valence-electron chi connectivity index (χ4n) is 4.85. The predicted molar refractivity (Wildman–Crippen MR) is 92.6 cm³/mol. The molecule has 1 unspecified atom stereocenters. The van der Waals surface area contributed by atoms with Crippen LogP contribution >= 0.6 is 0 Å². The third-order valence-electron chi connectivity index (χ3n) is 6.13. The summed E-state index contributed by atoms with van der Waals surface area (Å²) in [5, 5.41) is 0. The summed E-state index contributed by atoms with van der Waals surface area (Å²) in [6.07, 6.45) is 8.35. The molecule has 1 aromatic rings. The lowest BCUT2D eigenvalue weighted by atomic mass is 9.85. The molecule has 3 nitrogen and oxygen atoms in total. The van der Waals surface area contributed by atoms with Gasteiger partial charge in [-0.1, -0.05) is 29.8 Å². The molecular formula is C20H28N2O. The quantitative estimate of drug-likeness (QED) is 0.758. The van der Waals surface area contributed by atoms with E-state index in [0.29, 0.717) is 24.0 Å². The van der Waals surface area contributed by atoms with E-state index >= 15 is 0 Å². The van der Waals surface area contributed by atoms with Gasteiger partial charge in [-0.15, -0.1) is 0 Å². The Hall–Kier alpha value is -1.51. The Morgan fingerprint density at radius 3 is 2.17 bits per heavy atom. The monoisotopic (exact) mass is 312 g/mol. The van der Waals surface area contributed by atoms with Gasteiger partial charge in [0.25, 0.3) is 0 Å². The smallest absolute Gasteiger partial charge is 0.320 e. The van der Waals surface area contributed by atoms with Gasteiger partial charge in [0, 0.05) is 25.2 Å². The molecule has 0 radical (unpaired) electrons. The van der Waals surface area contributed by atoms with Crippen molar-refractivity contribution in [3.8, 4) is 0 Å². The van der Waals surface area contributed by atoms with Gasteiger partial charge in [-0.2, -0.15) is 0 Å². The van der Waals surface area contributed by atoms with Crippen LogP contribution in [-0.4, -0.2) is 41.0 Å². The van der Waals surface area contributed by atoms with E-state index in [0.717, 1.165) is 25.9 Å². The van der Waals surface area contributed by atoms with Crippen LogP contribution in [0.25, 0.3) is 0 Å². The number of hydrogen-bond acceptors (Lipinski definition) is 1. The second-order valence-corrected chi connectivity index (χ2v) is 7.70. The topological polar surface area (TPSA) is 23.6 Å². The highest BCUT2D eigenvalue weighted by Crippen LogP contribution is 2.43. The summed E-state index contributed by atoms with van der Waals surface area (Å²) in [6, 6.07) is 10.3. The molecule has 0 saturated carbocycles. The molecule has 0 aromatic heterocycles. The number of carbonyl (C=O) groups is 1. The van der Waals surface area contributed by atoms with Gasteiger partial charge in [0.05, 0.1) is 0 Å². The van der Waals surface area contributed by atoms with Crippen molar-refractivity contribution in [3.05, 3.63) is 35.4 Å². The van der Waals surface area contributed by atoms with E-state index in [2.05, 4.69) is 41.0 Å². The molecule has 124 valence electrons. The predicted octanol–water partition coefficient (Wildman–Crippen LogP) is 4.31. The van der Waals surface area contributed by atoms with Gasteiger partial charge in [-0.25, -0.2) is 4.79 Å². The molecule has 1 aromatic carbocycles. The van der Waals surface area contributed by atoms with E-state index in [1.807, 2.05) is 0 Å². The maximum Gasteiger partial charge on any atom is 0.320 e. The number of piperidine rings is 2. The van der Waals surface area contributed by atoms with Gasteiger partial charge >= 0.3 is 6.03 Å². The Balaban J connectivity index is 1.47. The summed E-state index contributed by atoms with van der Waals surface area (Å²) < 4.78 is 0. The SMILES string of the molecule is Cc1ccc(C2C[C@H]3CC[C@@H](C2)N3C(=O)N2CCCCC2)cc1. The largest absolute Gasteiger partial charge is 0.325 e. The van der Waals surface area contributed by atoms with E-state index in [-0.39, 0.29) is 0 Å². The van der Waals surface area contributed by atoms with Crippen molar-refractivity contribution >= 4 is 6.03 Å². The molecule has 0 N–H and O–H groups in total. The molecule has 4 rings (SSSR count). The van der Waals surface area contributed by atoms with Crippen molar-refractivity contribution in [2.24, 2.45) is 0 Å². The van der Waals surface area contributed by atoms with Crippen molar-refractivity contribution in [2.75, 3.05) is 13.1 Å². The molecular weight excluding hydrogens is 284 g/mol. The Bertz CT molecular complexity index is 548. The Kier molecular flexibility index (Phi) is 4.04. The van der Waals surface area contributed by atoms with E-state index in [1.165, 1.54) is 43.2 Å². The van der Waals surface area contributed by atoms with Crippen LogP contribution in [0.3, 0.4) is 0 Å². The minimum Gasteiger partial charge on any atom is -0.325 e. The maximum absolute atomic E-state index is 13.0. The molecule has 3 atom stereocenters. The van der Waals surface area contributed by atoms with Crippen LogP contribution in [0.2, 0.25) is 0 Å². The number of rotatable bonds is 1. The first-order valence-corrected chi connectivity index (χ1v) is 9.36. The first-order valence-electron chi connectivity index (χ1n) is 9.36. The zero-order valence-corrected chi connectivity index (χ0v) is 14.2. The van der Waals surface area contributed by atoms with Crippen molar-refractivity contribution < 1.29 is 4.79 Å². The normalized spacial score (nSPS) is 30.6. The number of hydrogen-bond donors (Lipinski definition) is 0. The number of fused-ring (bicyclic) bond motifs is 2. The van der Waals surface area contributed by atoms with Gasteiger partial charge in [-0.3, -0.25) is 0 Å². The molecule has 23 heavy (non-hydrogen) atoms. The lowest BCUT2D eigenvalue weighted by Crippen LogP contribution is -2.53. The van der Waals surface area contributed by atoms with Crippen LogP contribution in [0.1, 0.15) is 62.0 Å².